The van der Waals surface area contributed by atoms with E-state index in [1.807, 2.05) is 6.20 Å². The summed E-state index contributed by atoms with van der Waals surface area (Å²) < 4.78 is 6.14. The molecule has 0 amide bonds. The summed E-state index contributed by atoms with van der Waals surface area (Å²) >= 11 is 0. The van der Waals surface area contributed by atoms with Crippen LogP contribution in [0.2, 0.25) is 0 Å². The smallest absolute Gasteiger partial charge is 0.306 e. The van der Waals surface area contributed by atoms with Crippen LogP contribution in [0.25, 0.3) is 5.57 Å². The molecule has 2 unspecified atom stereocenters. The molecule has 4 nitrogen and oxygen atoms in total. The zero-order chi connectivity index (χ0) is 23.5. The maximum atomic E-state index is 11.6. The first kappa shape index (κ1) is 22.5. The Morgan fingerprint density at radius 2 is 1.94 bits per heavy atom. The van der Waals surface area contributed by atoms with Gasteiger partial charge in [-0.05, 0) is 109 Å². The van der Waals surface area contributed by atoms with Crippen molar-refractivity contribution in [2.75, 3.05) is 6.61 Å². The van der Waals surface area contributed by atoms with E-state index in [0.717, 1.165) is 24.2 Å². The molecule has 1 N–H and O–H groups in total. The van der Waals surface area contributed by atoms with Crippen LogP contribution < -0.4 is 0 Å². The van der Waals surface area contributed by atoms with Crippen LogP contribution in [0, 0.1) is 40.4 Å². The van der Waals surface area contributed by atoms with Crippen molar-refractivity contribution < 1.29 is 14.6 Å². The van der Waals surface area contributed by atoms with Crippen LogP contribution in [0.5, 0.6) is 0 Å². The summed E-state index contributed by atoms with van der Waals surface area (Å²) in [6.07, 6.45) is 19.1. The molecule has 2 heterocycles. The van der Waals surface area contributed by atoms with Crippen LogP contribution in [-0.4, -0.2) is 28.8 Å². The maximum Gasteiger partial charge on any atom is 0.306 e. The third kappa shape index (κ3) is 3.43. The summed E-state index contributed by atoms with van der Waals surface area (Å²) in [5, 5.41) is 9.52. The first-order chi connectivity index (χ1) is 16.4. The predicted molar refractivity (Wildman–Crippen MR) is 133 cm³/mol. The molecule has 34 heavy (non-hydrogen) atoms. The lowest BCUT2D eigenvalue weighted by Crippen LogP contribution is -2.50. The van der Waals surface area contributed by atoms with Gasteiger partial charge in [-0.2, -0.15) is 0 Å². The number of ether oxygens (including phenoxy) is 1. The van der Waals surface area contributed by atoms with Gasteiger partial charge < -0.3 is 9.84 Å². The molecule has 8 atom stereocenters. The average molecular weight is 462 g/mol. The maximum absolute atomic E-state index is 11.6. The number of carboxylic acid groups (broad SMARTS) is 1. The molecule has 6 rings (SSSR count). The van der Waals surface area contributed by atoms with Gasteiger partial charge in [-0.15, -0.1) is 0 Å². The van der Waals surface area contributed by atoms with E-state index in [-0.39, 0.29) is 17.4 Å². The minimum Gasteiger partial charge on any atom is -0.481 e. The van der Waals surface area contributed by atoms with Gasteiger partial charge in [0, 0.05) is 19.0 Å². The number of carbonyl (C=O) groups is 1. The topological polar surface area (TPSA) is 59.4 Å². The number of aromatic nitrogens is 1. The van der Waals surface area contributed by atoms with Crippen molar-refractivity contribution in [1.82, 2.24) is 4.98 Å². The number of nitrogens with zero attached hydrogens (tertiary/aromatic N) is 1. The number of fused-ring (bicyclic) bond motifs is 5. The minimum atomic E-state index is -0.644. The second-order valence-electron chi connectivity index (χ2n) is 12.3. The fourth-order valence-electron chi connectivity index (χ4n) is 8.92. The normalized spacial score (nSPS) is 43.7. The molecule has 1 saturated heterocycles. The Morgan fingerprint density at radius 3 is 2.74 bits per heavy atom. The van der Waals surface area contributed by atoms with E-state index >= 15 is 0 Å². The molecule has 3 fully saturated rings. The fourth-order valence-corrected chi connectivity index (χ4v) is 8.92. The van der Waals surface area contributed by atoms with E-state index in [0.29, 0.717) is 30.8 Å². The van der Waals surface area contributed by atoms with Gasteiger partial charge >= 0.3 is 5.97 Å². The second-order valence-corrected chi connectivity index (χ2v) is 12.3. The summed E-state index contributed by atoms with van der Waals surface area (Å²) in [5.41, 5.74) is 5.09. The van der Waals surface area contributed by atoms with Gasteiger partial charge in [-0.3, -0.25) is 9.78 Å². The first-order valence-electron chi connectivity index (χ1n) is 13.5. The molecule has 1 aromatic heterocycles. The zero-order valence-corrected chi connectivity index (χ0v) is 20.7. The van der Waals surface area contributed by atoms with Crippen LogP contribution >= 0.6 is 0 Å². The summed E-state index contributed by atoms with van der Waals surface area (Å²) in [6, 6.07) is 4.31. The molecule has 0 spiro atoms. The molecule has 182 valence electrons. The highest BCUT2D eigenvalue weighted by Gasteiger charge is 2.57. The molecular formula is C30H39NO3. The molecule has 0 aromatic carbocycles. The molecular weight excluding hydrogens is 422 g/mol. The molecule has 0 bridgehead atoms. The highest BCUT2D eigenvalue weighted by molar-refractivity contribution is 5.72. The number of hydrogen-bond acceptors (Lipinski definition) is 3. The van der Waals surface area contributed by atoms with Crippen LogP contribution in [0.1, 0.15) is 77.2 Å². The third-order valence-electron chi connectivity index (χ3n) is 10.9. The van der Waals surface area contributed by atoms with Crippen molar-refractivity contribution in [2.24, 2.45) is 40.4 Å². The Kier molecular flexibility index (Phi) is 5.51. The molecule has 1 aromatic rings. The number of rotatable bonds is 3. The van der Waals surface area contributed by atoms with E-state index < -0.39 is 5.97 Å². The van der Waals surface area contributed by atoms with E-state index in [9.17, 15) is 9.90 Å². The van der Waals surface area contributed by atoms with Crippen LogP contribution in [0.15, 0.2) is 42.3 Å². The van der Waals surface area contributed by atoms with Crippen LogP contribution in [-0.2, 0) is 9.53 Å². The quantitative estimate of drug-likeness (QED) is 0.520. The van der Waals surface area contributed by atoms with E-state index in [1.54, 1.807) is 5.57 Å². The van der Waals surface area contributed by atoms with E-state index in [2.05, 4.69) is 49.3 Å². The Morgan fingerprint density at radius 1 is 1.09 bits per heavy atom. The SMILES string of the molecule is C[C@]12CC[C@H](C3CC(C(=O)O)CCO3)CC1=CC[C@@H]1[C@@H]2CC[C@]2(C)C(c3cccnc3)=CC[C@@H]12. The lowest BCUT2D eigenvalue weighted by molar-refractivity contribution is -0.149. The number of aliphatic carboxylic acids is 1. The molecule has 5 aliphatic rings. The van der Waals surface area contributed by atoms with Crippen molar-refractivity contribution in [3.05, 3.63) is 47.8 Å². The molecule has 0 radical (unpaired) electrons. The van der Waals surface area contributed by atoms with Gasteiger partial charge in [0.05, 0.1) is 12.0 Å². The lowest BCUT2D eigenvalue weighted by Gasteiger charge is -2.58. The van der Waals surface area contributed by atoms with Gasteiger partial charge in [0.25, 0.3) is 0 Å². The van der Waals surface area contributed by atoms with Gasteiger partial charge in [0.15, 0.2) is 0 Å². The van der Waals surface area contributed by atoms with Gasteiger partial charge in [0.2, 0.25) is 0 Å². The Balaban J connectivity index is 1.21. The largest absolute Gasteiger partial charge is 0.481 e. The van der Waals surface area contributed by atoms with E-state index in [1.165, 1.54) is 49.7 Å². The predicted octanol–water partition coefficient (Wildman–Crippen LogP) is 6.53. The summed E-state index contributed by atoms with van der Waals surface area (Å²) in [7, 11) is 0. The Bertz CT molecular complexity index is 1020. The van der Waals surface area contributed by atoms with E-state index in [4.69, 9.17) is 4.74 Å². The summed E-state index contributed by atoms with van der Waals surface area (Å²) in [5.74, 6) is 1.87. The van der Waals surface area contributed by atoms with Crippen molar-refractivity contribution in [3.8, 4) is 0 Å². The number of pyridine rings is 1. The minimum absolute atomic E-state index is 0.119. The monoisotopic (exact) mass is 461 g/mol. The Labute approximate surface area is 203 Å². The van der Waals surface area contributed by atoms with Crippen molar-refractivity contribution in [2.45, 2.75) is 77.7 Å². The van der Waals surface area contributed by atoms with Crippen molar-refractivity contribution in [3.63, 3.8) is 0 Å². The van der Waals surface area contributed by atoms with Crippen LogP contribution in [0.4, 0.5) is 0 Å². The van der Waals surface area contributed by atoms with Gasteiger partial charge in [-0.1, -0.05) is 37.6 Å². The Hall–Kier alpha value is -1.94. The highest BCUT2D eigenvalue weighted by atomic mass is 16.5. The fraction of sp³-hybridized carbons (Fsp3) is 0.667. The first-order valence-corrected chi connectivity index (χ1v) is 13.5. The number of carboxylic acids is 1. The molecule has 2 saturated carbocycles. The molecule has 4 aliphatic carbocycles. The van der Waals surface area contributed by atoms with Crippen molar-refractivity contribution >= 4 is 11.5 Å². The van der Waals surface area contributed by atoms with Gasteiger partial charge in [0.1, 0.15) is 0 Å². The zero-order valence-electron chi connectivity index (χ0n) is 20.7. The summed E-state index contributed by atoms with van der Waals surface area (Å²) in [6.45, 7) is 5.68. The average Bonchev–Trinajstić information content (AvgIpc) is 3.21. The lowest BCUT2D eigenvalue weighted by atomic mass is 9.46. The number of allylic oxidation sites excluding steroid dienone is 4. The second kappa shape index (κ2) is 8.33. The highest BCUT2D eigenvalue weighted by Crippen LogP contribution is 2.66. The van der Waals surface area contributed by atoms with Crippen molar-refractivity contribution in [1.29, 1.82) is 0 Å². The van der Waals surface area contributed by atoms with Gasteiger partial charge in [-0.25, -0.2) is 0 Å². The summed E-state index contributed by atoms with van der Waals surface area (Å²) in [4.78, 5) is 16.0. The van der Waals surface area contributed by atoms with Crippen LogP contribution in [0.3, 0.4) is 0 Å². The third-order valence-corrected chi connectivity index (χ3v) is 10.9. The molecule has 4 heteroatoms. The molecule has 1 aliphatic heterocycles. The standard InChI is InChI=1S/C30H39NO3/c1-29-12-9-19(27-17-20(28(32)33)11-15-34-27)16-22(29)5-6-23-25-8-7-24(21-4-3-14-31-18-21)30(25,2)13-10-26(23)29/h3-5,7,14,18-20,23,25-27H,6,8-13,15-17H2,1-2H3,(H,32,33)/t19-,20?,23-,25-,26-,27?,29-,30+/m0/s1. The number of hydrogen-bond donors (Lipinski definition) is 1.